The summed E-state index contributed by atoms with van der Waals surface area (Å²) in [5, 5.41) is 0. The van der Waals surface area contributed by atoms with Gasteiger partial charge in [-0.3, -0.25) is 0 Å². The summed E-state index contributed by atoms with van der Waals surface area (Å²) < 4.78 is 10.0. The molecule has 0 spiro atoms. The first-order valence-electron chi connectivity index (χ1n) is 5.69. The molecule has 0 unspecified atom stereocenters. The molecule has 0 N–H and O–H groups in total. The number of hydrogen-bond acceptors (Lipinski definition) is 0. The third-order valence-electron chi connectivity index (χ3n) is 2.15. The van der Waals surface area contributed by atoms with Crippen molar-refractivity contribution in [3.8, 4) is 0 Å². The molecule has 0 fully saturated rings. The van der Waals surface area contributed by atoms with E-state index in [4.69, 9.17) is 2.97 Å². The molecule has 0 nitrogen and oxygen atoms in total. The fraction of sp³-hybridized carbons (Fsp3) is 0.750. The van der Waals surface area contributed by atoms with Crippen LogP contribution in [0.1, 0.15) is 59.8 Å². The van der Waals surface area contributed by atoms with Crippen LogP contribution in [0.4, 0.5) is 0 Å². The molecular weight excluding hydrogens is 158 g/mol. The molecule has 0 saturated carbocycles. The van der Waals surface area contributed by atoms with Crippen molar-refractivity contribution in [2.75, 3.05) is 0 Å². The number of hydrogen-bond donors (Lipinski definition) is 0. The third kappa shape index (κ3) is 23.1. The predicted octanol–water partition coefficient (Wildman–Crippen LogP) is -1.01. The Morgan fingerprint density at radius 1 is 1.07 bits per heavy atom. The summed E-state index contributed by atoms with van der Waals surface area (Å²) in [6, 6.07) is 0. The van der Waals surface area contributed by atoms with E-state index < -0.39 is 0 Å². The van der Waals surface area contributed by atoms with Crippen LogP contribution in [0.15, 0.2) is 11.1 Å². The van der Waals surface area contributed by atoms with Crippen molar-refractivity contribution in [2.24, 2.45) is 5.92 Å². The van der Waals surface area contributed by atoms with E-state index in [0.717, 1.165) is 5.92 Å². The Kier molecular flexibility index (Phi) is 20.3. The first-order chi connectivity index (χ1) is 6.29. The molecule has 0 amide bonds. The van der Waals surface area contributed by atoms with E-state index in [1.807, 2.05) is 0 Å². The Hall–Kier alpha value is 0.935. The molecule has 0 aliphatic heterocycles. The standard InChI is InChI=1S/C6H13.C6H12.2Li.H2.H/c2*1-5(2)6(3)4;;;;/h5H,1-4H3;1-4H3;;;1H;/q-1;;2*+1;;-1/i;;;;1+2D;. The molecule has 0 aromatic heterocycles. The largest absolute Gasteiger partial charge is 1.00 e. The fourth-order valence-electron chi connectivity index (χ4n) is 0. The maximum absolute atomic E-state index is 5.00. The maximum Gasteiger partial charge on any atom is 1.00 e. The van der Waals surface area contributed by atoms with Gasteiger partial charge >= 0.3 is 37.7 Å². The van der Waals surface area contributed by atoms with Crippen molar-refractivity contribution < 1.29 is 42.1 Å². The molecule has 0 bridgehead atoms. The zero-order valence-electron chi connectivity index (χ0n) is 15.1. The van der Waals surface area contributed by atoms with E-state index in [0.29, 0.717) is 0 Å². The topological polar surface area (TPSA) is 0 Å². The van der Waals surface area contributed by atoms with Crippen LogP contribution in [-0.4, -0.2) is 0 Å². The summed E-state index contributed by atoms with van der Waals surface area (Å²) in [5.74, 6) is 2.28. The summed E-state index contributed by atoms with van der Waals surface area (Å²) in [7, 11) is 0. The van der Waals surface area contributed by atoms with E-state index in [-0.39, 0.29) is 39.1 Å². The van der Waals surface area contributed by atoms with Gasteiger partial charge in [-0.05, 0) is 27.7 Å². The van der Waals surface area contributed by atoms with Crippen LogP contribution < -0.4 is 37.7 Å². The molecule has 0 rings (SSSR count). The van der Waals surface area contributed by atoms with Crippen molar-refractivity contribution >= 4 is 0 Å². The Morgan fingerprint density at radius 2 is 1.21 bits per heavy atom. The van der Waals surface area contributed by atoms with Crippen LogP contribution >= 0.6 is 0 Å². The minimum atomic E-state index is 0. The number of allylic oxidation sites excluding steroid dienone is 2. The van der Waals surface area contributed by atoms with Crippen LogP contribution in [0.3, 0.4) is 0 Å². The quantitative estimate of drug-likeness (QED) is 0.281. The molecular formula is C12H28Li2. The van der Waals surface area contributed by atoms with Crippen LogP contribution in [-0.2, 0) is 0 Å². The summed E-state index contributed by atoms with van der Waals surface area (Å²) >= 11 is 0. The van der Waals surface area contributed by atoms with Gasteiger partial charge in [-0.1, -0.05) is 25.0 Å². The van der Waals surface area contributed by atoms with Gasteiger partial charge in [0.25, 0.3) is 0 Å². The average molecular weight is 189 g/mol. The van der Waals surface area contributed by atoms with Crippen LogP contribution in [0.5, 0.6) is 0 Å². The second-order valence-corrected chi connectivity index (χ2v) is 4.23. The fourth-order valence-corrected chi connectivity index (χ4v) is 0. The number of rotatable bonds is 1. The van der Waals surface area contributed by atoms with Gasteiger partial charge in [0.2, 0.25) is 0 Å². The predicted molar refractivity (Wildman–Crippen MR) is 62.4 cm³/mol. The van der Waals surface area contributed by atoms with Gasteiger partial charge in [-0.2, -0.15) is 19.8 Å². The minimum absolute atomic E-state index is 0. The molecule has 0 heterocycles. The first-order valence-corrected chi connectivity index (χ1v) is 4.69. The van der Waals surface area contributed by atoms with Gasteiger partial charge in [0, 0.05) is 2.97 Å². The van der Waals surface area contributed by atoms with Gasteiger partial charge in [0.1, 0.15) is 0 Å². The molecule has 0 atom stereocenters. The summed E-state index contributed by atoms with van der Waals surface area (Å²) in [6.07, 6.45) is 0. The van der Waals surface area contributed by atoms with Gasteiger partial charge in [-0.25, -0.2) is 0 Å². The molecule has 2 heteroatoms. The van der Waals surface area contributed by atoms with E-state index >= 15 is 0 Å². The summed E-state index contributed by atoms with van der Waals surface area (Å²) in [6.45, 7) is 17.2. The van der Waals surface area contributed by atoms with Crippen molar-refractivity contribution in [3.05, 3.63) is 17.1 Å². The molecule has 0 radical (unpaired) electrons. The van der Waals surface area contributed by atoms with Gasteiger partial charge in [-0.15, -0.1) is 0 Å². The second-order valence-electron chi connectivity index (χ2n) is 4.23. The Labute approximate surface area is 120 Å². The van der Waals surface area contributed by atoms with Crippen molar-refractivity contribution in [1.82, 2.24) is 0 Å². The Bertz CT molecular complexity index is 123. The molecule has 0 aromatic carbocycles. The summed E-state index contributed by atoms with van der Waals surface area (Å²) in [5.41, 5.74) is 2.85. The van der Waals surface area contributed by atoms with E-state index in [9.17, 15) is 0 Å². The first kappa shape index (κ1) is 20.4. The molecule has 0 aliphatic carbocycles. The normalized spacial score (nSPS) is 8.71. The minimum Gasteiger partial charge on any atom is -1.00 e. The SMILES string of the molecule is CC(C)=C(C)C.C[C-](C)C(C)C.[2H][3H].[H-].[Li+].[Li+]. The monoisotopic (exact) mass is 189 g/mol. The molecule has 0 aliphatic rings. The Balaban J connectivity index is -0.0000000268. The molecule has 78 valence electrons. The molecule has 0 aromatic rings. The van der Waals surface area contributed by atoms with Gasteiger partial charge in [0.15, 0.2) is 0 Å². The van der Waals surface area contributed by atoms with E-state index in [2.05, 4.69) is 55.4 Å². The smallest absolute Gasteiger partial charge is 1.00 e. The van der Waals surface area contributed by atoms with Gasteiger partial charge in [0.05, 0.1) is 0 Å². The Morgan fingerprint density at radius 3 is 1.21 bits per heavy atom. The maximum atomic E-state index is 5.00. The van der Waals surface area contributed by atoms with Crippen molar-refractivity contribution in [3.63, 3.8) is 0 Å². The molecule has 0 saturated heterocycles. The zero-order chi connectivity index (χ0) is 12.3. The zero-order valence-corrected chi connectivity index (χ0v) is 12.1. The van der Waals surface area contributed by atoms with Crippen molar-refractivity contribution in [1.29, 1.82) is 0 Å². The second kappa shape index (κ2) is 13.9. The van der Waals surface area contributed by atoms with Crippen LogP contribution in [0.2, 0.25) is 0 Å². The van der Waals surface area contributed by atoms with Crippen LogP contribution in [0, 0.1) is 11.8 Å². The van der Waals surface area contributed by atoms with E-state index in [1.54, 1.807) is 0 Å². The van der Waals surface area contributed by atoms with E-state index in [1.165, 1.54) is 17.1 Å². The summed E-state index contributed by atoms with van der Waals surface area (Å²) in [4.78, 5) is 0. The van der Waals surface area contributed by atoms with Crippen molar-refractivity contribution in [2.45, 2.75) is 55.4 Å². The molecule has 14 heavy (non-hydrogen) atoms. The third-order valence-corrected chi connectivity index (χ3v) is 2.15. The van der Waals surface area contributed by atoms with Crippen LogP contribution in [0.25, 0.3) is 0 Å². The average Bonchev–Trinajstić information content (AvgIpc) is 2.08. The van der Waals surface area contributed by atoms with Gasteiger partial charge < -0.3 is 7.34 Å².